The van der Waals surface area contributed by atoms with Gasteiger partial charge in [0.25, 0.3) is 0 Å². The molecule has 0 saturated carbocycles. The lowest BCUT2D eigenvalue weighted by molar-refractivity contribution is 0.373. The molecule has 2 aliphatic rings. The second-order valence-electron chi connectivity index (χ2n) is 5.29. The van der Waals surface area contributed by atoms with Crippen LogP contribution in [-0.2, 0) is 0 Å². The Morgan fingerprint density at radius 3 is 3.12 bits per heavy atom. The normalized spacial score (nSPS) is 33.9. The summed E-state index contributed by atoms with van der Waals surface area (Å²) in [6, 6.07) is 3.59. The number of thiophene rings is 1. The van der Waals surface area contributed by atoms with Gasteiger partial charge < -0.3 is 10.2 Å². The van der Waals surface area contributed by atoms with Crippen molar-refractivity contribution in [1.82, 2.24) is 10.2 Å². The van der Waals surface area contributed by atoms with Gasteiger partial charge in [-0.1, -0.05) is 6.92 Å². The van der Waals surface area contributed by atoms with E-state index < -0.39 is 0 Å². The summed E-state index contributed by atoms with van der Waals surface area (Å²) in [5.41, 5.74) is 1.55. The number of likely N-dealkylation sites (tertiary alicyclic amines) is 1. The molecular weight excluding hydrogens is 248 g/mol. The summed E-state index contributed by atoms with van der Waals surface area (Å²) in [5.74, 6) is 0. The molecule has 0 aromatic carbocycles. The third-order valence-electron chi connectivity index (χ3n) is 3.74. The summed E-state index contributed by atoms with van der Waals surface area (Å²) < 4.78 is 1.53. The largest absolute Gasteiger partial charge is 0.306 e. The van der Waals surface area contributed by atoms with Gasteiger partial charge in [0.15, 0.2) is 0 Å². The van der Waals surface area contributed by atoms with E-state index in [1.54, 1.807) is 5.56 Å². The molecule has 3 rings (SSSR count). The van der Waals surface area contributed by atoms with Crippen LogP contribution >= 0.6 is 23.1 Å². The average molecular weight is 268 g/mol. The van der Waals surface area contributed by atoms with Crippen LogP contribution in [0.4, 0.5) is 0 Å². The molecule has 1 fully saturated rings. The van der Waals surface area contributed by atoms with Gasteiger partial charge >= 0.3 is 0 Å². The SMILES string of the molecule is C[C@H]1CC(NC2CCN(C)C2)c2ccsc2S1. The Morgan fingerprint density at radius 1 is 1.47 bits per heavy atom. The first kappa shape index (κ1) is 12.0. The van der Waals surface area contributed by atoms with E-state index in [-0.39, 0.29) is 0 Å². The molecule has 0 radical (unpaired) electrons. The Hall–Kier alpha value is -0.0300. The van der Waals surface area contributed by atoms with Gasteiger partial charge in [-0.2, -0.15) is 0 Å². The zero-order valence-electron chi connectivity index (χ0n) is 10.5. The van der Waals surface area contributed by atoms with Crippen molar-refractivity contribution in [2.75, 3.05) is 20.1 Å². The van der Waals surface area contributed by atoms with Crippen LogP contribution in [0, 0.1) is 0 Å². The Labute approximate surface area is 112 Å². The van der Waals surface area contributed by atoms with Crippen molar-refractivity contribution >= 4 is 23.1 Å². The standard InChI is InChI=1S/C13H20N2S2/c1-9-7-12(11-4-6-16-13(11)17-9)14-10-3-5-15(2)8-10/h4,6,9-10,12,14H,3,5,7-8H2,1-2H3/t9-,10?,12?/m0/s1. The fourth-order valence-electron chi connectivity index (χ4n) is 2.86. The van der Waals surface area contributed by atoms with Crippen LogP contribution in [0.5, 0.6) is 0 Å². The number of hydrogen-bond acceptors (Lipinski definition) is 4. The monoisotopic (exact) mass is 268 g/mol. The van der Waals surface area contributed by atoms with Crippen molar-refractivity contribution in [2.24, 2.45) is 0 Å². The molecule has 0 aliphatic carbocycles. The maximum absolute atomic E-state index is 3.87. The van der Waals surface area contributed by atoms with Crippen molar-refractivity contribution < 1.29 is 0 Å². The maximum Gasteiger partial charge on any atom is 0.0649 e. The molecule has 2 unspecified atom stereocenters. The molecule has 94 valence electrons. The van der Waals surface area contributed by atoms with E-state index >= 15 is 0 Å². The highest BCUT2D eigenvalue weighted by Crippen LogP contribution is 2.44. The van der Waals surface area contributed by atoms with Gasteiger partial charge in [-0.25, -0.2) is 0 Å². The summed E-state index contributed by atoms with van der Waals surface area (Å²) in [6.07, 6.45) is 2.57. The van der Waals surface area contributed by atoms with Gasteiger partial charge in [0.05, 0.1) is 4.21 Å². The molecule has 2 aliphatic heterocycles. The minimum atomic E-state index is 0.587. The zero-order valence-corrected chi connectivity index (χ0v) is 12.1. The fourth-order valence-corrected chi connectivity index (χ4v) is 5.43. The number of thioether (sulfide) groups is 1. The van der Waals surface area contributed by atoms with Gasteiger partial charge in [0, 0.05) is 23.9 Å². The molecule has 4 heteroatoms. The summed E-state index contributed by atoms with van der Waals surface area (Å²) in [7, 11) is 2.22. The number of nitrogens with one attached hydrogen (secondary N) is 1. The van der Waals surface area contributed by atoms with Crippen LogP contribution in [0.3, 0.4) is 0 Å². The van der Waals surface area contributed by atoms with E-state index in [0.717, 1.165) is 5.25 Å². The first-order valence-electron chi connectivity index (χ1n) is 6.41. The van der Waals surface area contributed by atoms with Gasteiger partial charge in [-0.3, -0.25) is 0 Å². The molecule has 3 atom stereocenters. The summed E-state index contributed by atoms with van der Waals surface area (Å²) in [6.45, 7) is 4.80. The minimum Gasteiger partial charge on any atom is -0.306 e. The summed E-state index contributed by atoms with van der Waals surface area (Å²) in [5, 5.41) is 6.86. The maximum atomic E-state index is 3.87. The molecule has 1 aromatic heterocycles. The predicted octanol–water partition coefficient (Wildman–Crippen LogP) is 2.97. The van der Waals surface area contributed by atoms with Gasteiger partial charge in [0.2, 0.25) is 0 Å². The quantitative estimate of drug-likeness (QED) is 0.888. The first-order chi connectivity index (χ1) is 8.22. The van der Waals surface area contributed by atoms with E-state index in [1.165, 1.54) is 30.1 Å². The van der Waals surface area contributed by atoms with Crippen LogP contribution in [0.2, 0.25) is 0 Å². The Balaban J connectivity index is 1.71. The molecule has 0 spiro atoms. The third-order valence-corrected chi connectivity index (χ3v) is 6.08. The van der Waals surface area contributed by atoms with Gasteiger partial charge in [-0.15, -0.1) is 23.1 Å². The Bertz CT molecular complexity index is 391. The second-order valence-corrected chi connectivity index (χ2v) is 7.92. The van der Waals surface area contributed by atoms with Gasteiger partial charge in [-0.05, 0) is 43.4 Å². The molecule has 17 heavy (non-hydrogen) atoms. The second kappa shape index (κ2) is 4.92. The smallest absolute Gasteiger partial charge is 0.0649 e. The van der Waals surface area contributed by atoms with E-state index in [0.29, 0.717) is 12.1 Å². The van der Waals surface area contributed by atoms with Crippen molar-refractivity contribution in [3.63, 3.8) is 0 Å². The molecule has 1 saturated heterocycles. The van der Waals surface area contributed by atoms with Crippen molar-refractivity contribution in [3.8, 4) is 0 Å². The number of hydrogen-bond donors (Lipinski definition) is 1. The number of likely N-dealkylation sites (N-methyl/N-ethyl adjacent to an activating group) is 1. The highest BCUT2D eigenvalue weighted by atomic mass is 32.2. The lowest BCUT2D eigenvalue weighted by atomic mass is 10.0. The topological polar surface area (TPSA) is 15.3 Å². The molecule has 2 nitrogen and oxygen atoms in total. The van der Waals surface area contributed by atoms with Crippen LogP contribution in [0.25, 0.3) is 0 Å². The van der Waals surface area contributed by atoms with Crippen LogP contribution in [0.15, 0.2) is 15.7 Å². The highest BCUT2D eigenvalue weighted by molar-refractivity contribution is 8.01. The zero-order chi connectivity index (χ0) is 11.8. The molecule has 0 bridgehead atoms. The molecule has 1 N–H and O–H groups in total. The lowest BCUT2D eigenvalue weighted by Crippen LogP contribution is -2.36. The number of fused-ring (bicyclic) bond motifs is 1. The first-order valence-corrected chi connectivity index (χ1v) is 8.17. The fraction of sp³-hybridized carbons (Fsp3) is 0.692. The van der Waals surface area contributed by atoms with Crippen LogP contribution in [0.1, 0.15) is 31.4 Å². The van der Waals surface area contributed by atoms with Gasteiger partial charge in [0.1, 0.15) is 0 Å². The molecule has 3 heterocycles. The summed E-state index contributed by atoms with van der Waals surface area (Å²) in [4.78, 5) is 2.42. The third kappa shape index (κ3) is 2.55. The van der Waals surface area contributed by atoms with Crippen LogP contribution in [-0.4, -0.2) is 36.3 Å². The molecular formula is C13H20N2S2. The van der Waals surface area contributed by atoms with Crippen molar-refractivity contribution in [1.29, 1.82) is 0 Å². The number of rotatable bonds is 2. The van der Waals surface area contributed by atoms with Crippen LogP contribution < -0.4 is 5.32 Å². The minimum absolute atomic E-state index is 0.587. The number of nitrogens with zero attached hydrogens (tertiary/aromatic N) is 1. The average Bonchev–Trinajstić information content (AvgIpc) is 2.87. The Morgan fingerprint density at radius 2 is 2.35 bits per heavy atom. The predicted molar refractivity (Wildman–Crippen MR) is 76.0 cm³/mol. The Kier molecular flexibility index (Phi) is 3.48. The summed E-state index contributed by atoms with van der Waals surface area (Å²) >= 11 is 3.95. The van der Waals surface area contributed by atoms with Crippen molar-refractivity contribution in [3.05, 3.63) is 17.0 Å². The van der Waals surface area contributed by atoms with Crippen molar-refractivity contribution in [2.45, 2.75) is 41.3 Å². The van der Waals surface area contributed by atoms with E-state index in [2.05, 4.69) is 35.6 Å². The highest BCUT2D eigenvalue weighted by Gasteiger charge is 2.29. The lowest BCUT2D eigenvalue weighted by Gasteiger charge is -2.30. The van der Waals surface area contributed by atoms with E-state index in [4.69, 9.17) is 0 Å². The van der Waals surface area contributed by atoms with E-state index in [9.17, 15) is 0 Å². The molecule has 1 aromatic rings. The van der Waals surface area contributed by atoms with E-state index in [1.807, 2.05) is 23.1 Å². The molecule has 0 amide bonds.